The number of esters is 3. The lowest BCUT2D eigenvalue weighted by Gasteiger charge is -2.36. The second kappa shape index (κ2) is 10.8. The minimum Gasteiger partial charge on any atom is -0.456 e. The molecule has 3 heterocycles. The van der Waals surface area contributed by atoms with Gasteiger partial charge in [0.25, 0.3) is 11.8 Å². The first-order valence-corrected chi connectivity index (χ1v) is 14.9. The van der Waals surface area contributed by atoms with Crippen LogP contribution >= 0.6 is 0 Å². The van der Waals surface area contributed by atoms with E-state index in [2.05, 4.69) is 0 Å². The second-order valence-electron chi connectivity index (χ2n) is 13.5. The maximum atomic E-state index is 13.4. The summed E-state index contributed by atoms with van der Waals surface area (Å²) < 4.78 is 23.6. The van der Waals surface area contributed by atoms with Gasteiger partial charge in [-0.3, -0.25) is 19.2 Å². The summed E-state index contributed by atoms with van der Waals surface area (Å²) in [5.41, 5.74) is -2.25. The number of nitrogens with zero attached hydrogens (tertiary/aromatic N) is 1. The number of carbonyl (C=O) groups excluding carboxylic acids is 6. The lowest BCUT2D eigenvalue weighted by atomic mass is 9.77. The Labute approximate surface area is 269 Å². The zero-order valence-electron chi connectivity index (χ0n) is 26.5. The molecule has 0 aliphatic carbocycles. The molecule has 6 rings (SSSR count). The van der Waals surface area contributed by atoms with Gasteiger partial charge in [-0.15, -0.1) is 5.06 Å². The smallest absolute Gasteiger partial charge is 0.363 e. The van der Waals surface area contributed by atoms with Crippen LogP contribution in [0.2, 0.25) is 0 Å². The molecule has 12 heteroatoms. The van der Waals surface area contributed by atoms with Crippen LogP contribution in [0, 0.1) is 10.8 Å². The molecule has 0 unspecified atom stereocenters. The molecule has 0 bridgehead atoms. The first kappa shape index (κ1) is 31.5. The van der Waals surface area contributed by atoms with Crippen molar-refractivity contribution < 1.29 is 52.6 Å². The molecule has 1 saturated heterocycles. The maximum Gasteiger partial charge on any atom is 0.363 e. The molecule has 3 aliphatic rings. The quantitative estimate of drug-likeness (QED) is 0.205. The Morgan fingerprint density at radius 2 is 1.21 bits per heavy atom. The highest BCUT2D eigenvalue weighted by Gasteiger charge is 2.54. The number of hydrogen-bond donors (Lipinski definition) is 0. The molecule has 0 radical (unpaired) electrons. The van der Waals surface area contributed by atoms with Crippen molar-refractivity contribution in [2.75, 3.05) is 0 Å². The molecule has 1 fully saturated rings. The molecule has 3 aromatic carbocycles. The summed E-state index contributed by atoms with van der Waals surface area (Å²) in [5, 5.41) is 0.437. The number of hydrogen-bond acceptors (Lipinski definition) is 11. The number of hydroxylamine groups is 2. The zero-order chi connectivity index (χ0) is 34.1. The van der Waals surface area contributed by atoms with Crippen molar-refractivity contribution in [1.29, 1.82) is 0 Å². The Hall–Kier alpha value is -5.52. The number of amides is 2. The largest absolute Gasteiger partial charge is 0.456 e. The molecule has 242 valence electrons. The third-order valence-corrected chi connectivity index (χ3v) is 7.81. The maximum absolute atomic E-state index is 13.4. The van der Waals surface area contributed by atoms with Crippen LogP contribution in [0.1, 0.15) is 91.8 Å². The molecule has 0 atom stereocenters. The molecule has 0 saturated carbocycles. The summed E-state index contributed by atoms with van der Waals surface area (Å²) in [7, 11) is 0. The number of imide groups is 1. The van der Waals surface area contributed by atoms with Gasteiger partial charge in [0.05, 0.1) is 22.0 Å². The van der Waals surface area contributed by atoms with E-state index in [1.165, 1.54) is 42.5 Å². The van der Waals surface area contributed by atoms with Crippen LogP contribution in [-0.2, 0) is 34.4 Å². The summed E-state index contributed by atoms with van der Waals surface area (Å²) in [6, 6.07) is 13.3. The van der Waals surface area contributed by atoms with E-state index >= 15 is 0 Å². The van der Waals surface area contributed by atoms with Crippen molar-refractivity contribution in [2.45, 2.75) is 60.0 Å². The van der Waals surface area contributed by atoms with Gasteiger partial charge in [0.15, 0.2) is 5.60 Å². The Morgan fingerprint density at radius 3 is 1.70 bits per heavy atom. The molecule has 0 aromatic heterocycles. The fraction of sp³-hybridized carbons (Fsp3) is 0.314. The highest BCUT2D eigenvalue weighted by Crippen LogP contribution is 2.57. The highest BCUT2D eigenvalue weighted by molar-refractivity contribution is 6.03. The Kier molecular flexibility index (Phi) is 7.22. The number of benzene rings is 3. The number of ether oxygens (including phenoxy) is 4. The van der Waals surface area contributed by atoms with Gasteiger partial charge in [-0.2, -0.15) is 0 Å². The summed E-state index contributed by atoms with van der Waals surface area (Å²) in [5.74, 6) is -3.29. The summed E-state index contributed by atoms with van der Waals surface area (Å²) in [6.45, 7) is 10.3. The van der Waals surface area contributed by atoms with E-state index in [9.17, 15) is 28.8 Å². The van der Waals surface area contributed by atoms with Crippen molar-refractivity contribution >= 4 is 35.7 Å². The fourth-order valence-corrected chi connectivity index (χ4v) is 5.25. The molecule has 12 nitrogen and oxygen atoms in total. The number of carbonyl (C=O) groups is 6. The fourth-order valence-electron chi connectivity index (χ4n) is 5.25. The van der Waals surface area contributed by atoms with E-state index in [1.54, 1.807) is 53.7 Å². The van der Waals surface area contributed by atoms with Crippen LogP contribution in [0.3, 0.4) is 0 Å². The zero-order valence-corrected chi connectivity index (χ0v) is 26.5. The first-order chi connectivity index (χ1) is 22.0. The molecule has 3 aliphatic heterocycles. The van der Waals surface area contributed by atoms with Crippen LogP contribution < -0.4 is 14.2 Å². The average molecular weight is 642 g/mol. The predicted molar refractivity (Wildman–Crippen MR) is 161 cm³/mol. The molecular weight excluding hydrogens is 610 g/mol. The normalized spacial score (nSPS) is 16.1. The monoisotopic (exact) mass is 641 g/mol. The van der Waals surface area contributed by atoms with E-state index < -0.39 is 52.1 Å². The van der Waals surface area contributed by atoms with Crippen molar-refractivity contribution in [2.24, 2.45) is 10.8 Å². The third-order valence-electron chi connectivity index (χ3n) is 7.81. The minimum absolute atomic E-state index is 0.0602. The lowest BCUT2D eigenvalue weighted by molar-refractivity contribution is -0.172. The van der Waals surface area contributed by atoms with Gasteiger partial charge in [0.1, 0.15) is 23.0 Å². The van der Waals surface area contributed by atoms with E-state index in [1.807, 2.05) is 0 Å². The van der Waals surface area contributed by atoms with Gasteiger partial charge >= 0.3 is 23.9 Å². The first-order valence-electron chi connectivity index (χ1n) is 14.9. The number of rotatable bonds is 4. The van der Waals surface area contributed by atoms with Gasteiger partial charge in [-0.05, 0) is 84.0 Å². The van der Waals surface area contributed by atoms with Crippen molar-refractivity contribution in [1.82, 2.24) is 5.06 Å². The van der Waals surface area contributed by atoms with Gasteiger partial charge in [-0.25, -0.2) is 9.59 Å². The average Bonchev–Trinajstić information content (AvgIpc) is 3.46. The van der Waals surface area contributed by atoms with Crippen molar-refractivity contribution in [3.63, 3.8) is 0 Å². The van der Waals surface area contributed by atoms with Crippen molar-refractivity contribution in [3.05, 3.63) is 82.4 Å². The van der Waals surface area contributed by atoms with E-state index in [0.29, 0.717) is 16.2 Å². The number of fused-ring (bicyclic) bond motifs is 6. The van der Waals surface area contributed by atoms with Gasteiger partial charge in [-0.1, -0.05) is 0 Å². The van der Waals surface area contributed by atoms with Crippen LogP contribution in [0.25, 0.3) is 0 Å². The molecule has 2 amide bonds. The van der Waals surface area contributed by atoms with Crippen molar-refractivity contribution in [3.8, 4) is 23.0 Å². The highest BCUT2D eigenvalue weighted by atomic mass is 16.7. The predicted octanol–water partition coefficient (Wildman–Crippen LogP) is 5.38. The van der Waals surface area contributed by atoms with E-state index in [4.69, 9.17) is 23.8 Å². The second-order valence-corrected chi connectivity index (χ2v) is 13.5. The van der Waals surface area contributed by atoms with E-state index in [-0.39, 0.29) is 52.5 Å². The Bertz CT molecular complexity index is 1820. The van der Waals surface area contributed by atoms with Crippen LogP contribution in [0.4, 0.5) is 0 Å². The van der Waals surface area contributed by atoms with E-state index in [0.717, 1.165) is 0 Å². The van der Waals surface area contributed by atoms with Gasteiger partial charge in [0, 0.05) is 41.7 Å². The summed E-state index contributed by atoms with van der Waals surface area (Å²) >= 11 is 0. The van der Waals surface area contributed by atoms with Crippen LogP contribution in [0.5, 0.6) is 23.0 Å². The lowest BCUT2D eigenvalue weighted by Crippen LogP contribution is -2.34. The van der Waals surface area contributed by atoms with Crippen LogP contribution in [-0.4, -0.2) is 40.8 Å². The molecule has 0 N–H and O–H groups in total. The Morgan fingerprint density at radius 1 is 0.702 bits per heavy atom. The molecule has 1 spiro atoms. The summed E-state index contributed by atoms with van der Waals surface area (Å²) in [4.78, 5) is 81.3. The topological polar surface area (TPSA) is 152 Å². The molecule has 3 aromatic rings. The standard InChI is InChI=1S/C35H31NO11/c1-33(2,3)31(41)43-19-8-11-22-25(16-19)45-26-17-20(44-32(42)34(4,5)6)9-12-23(26)35(22)24-15-18(7-10-21(24)30(40)46-35)29(39)47-36-27(37)13-14-28(36)38/h7-12,15-17H,13-14H2,1-6H3. The van der Waals surface area contributed by atoms with Gasteiger partial charge < -0.3 is 23.8 Å². The summed E-state index contributed by atoms with van der Waals surface area (Å²) in [6.07, 6.45) is -0.148. The molecule has 47 heavy (non-hydrogen) atoms. The SMILES string of the molecule is CC(C)(C)C(=O)Oc1ccc2c(c1)Oc1cc(OC(=O)C(C)(C)C)ccc1C21OC(=O)c2ccc(C(=O)ON3C(=O)CCC3=O)cc21. The Balaban J connectivity index is 1.49. The van der Waals surface area contributed by atoms with Crippen LogP contribution in [0.15, 0.2) is 54.6 Å². The van der Waals surface area contributed by atoms with Gasteiger partial charge in [0.2, 0.25) is 0 Å². The minimum atomic E-state index is -1.68. The third kappa shape index (κ3) is 5.39. The molecular formula is C35H31NO11.